The number of aliphatic hydroxyl groups is 2. The van der Waals surface area contributed by atoms with Crippen molar-refractivity contribution in [2.45, 2.75) is 25.2 Å². The molecule has 0 rings (SSSR count). The molecule has 2 atom stereocenters. The van der Waals surface area contributed by atoms with Crippen molar-refractivity contribution in [1.29, 1.82) is 0 Å². The number of hydrogen-bond donors (Lipinski definition) is 3. The van der Waals surface area contributed by atoms with E-state index < -0.39 is 31.5 Å². The minimum Gasteiger partial charge on any atom is -0.395 e. The van der Waals surface area contributed by atoms with Crippen molar-refractivity contribution in [3.05, 3.63) is 0 Å². The Labute approximate surface area is 86.5 Å². The van der Waals surface area contributed by atoms with Gasteiger partial charge in [-0.15, -0.1) is 0 Å². The molecular formula is C8H17F3N2O2. The molecule has 0 radical (unpaired) electrons. The van der Waals surface area contributed by atoms with Crippen LogP contribution in [-0.4, -0.2) is 59.7 Å². The normalized spacial score (nSPS) is 16.8. The van der Waals surface area contributed by atoms with Crippen LogP contribution in [0.5, 0.6) is 0 Å². The second-order valence-corrected chi connectivity index (χ2v) is 3.33. The van der Waals surface area contributed by atoms with Crippen molar-refractivity contribution < 1.29 is 23.4 Å². The molecule has 0 aromatic carbocycles. The molecule has 92 valence electrons. The van der Waals surface area contributed by atoms with E-state index in [-0.39, 0.29) is 13.1 Å². The van der Waals surface area contributed by atoms with E-state index in [4.69, 9.17) is 15.9 Å². The Kier molecular flexibility index (Phi) is 6.11. The summed E-state index contributed by atoms with van der Waals surface area (Å²) in [5, 5.41) is 17.3. The zero-order chi connectivity index (χ0) is 12.1. The maximum atomic E-state index is 12.6. The van der Waals surface area contributed by atoms with Gasteiger partial charge in [-0.3, -0.25) is 4.90 Å². The van der Waals surface area contributed by atoms with Crippen LogP contribution >= 0.6 is 0 Å². The third-order valence-corrected chi connectivity index (χ3v) is 2.00. The van der Waals surface area contributed by atoms with Gasteiger partial charge in [0.05, 0.1) is 13.2 Å². The summed E-state index contributed by atoms with van der Waals surface area (Å²) in [7, 11) is 0. The van der Waals surface area contributed by atoms with E-state index in [0.29, 0.717) is 0 Å². The van der Waals surface area contributed by atoms with Crippen LogP contribution in [0.25, 0.3) is 0 Å². The molecular weight excluding hydrogens is 213 g/mol. The van der Waals surface area contributed by atoms with Crippen LogP contribution in [0.4, 0.5) is 13.2 Å². The van der Waals surface area contributed by atoms with Gasteiger partial charge in [-0.1, -0.05) is 0 Å². The summed E-state index contributed by atoms with van der Waals surface area (Å²) >= 11 is 0. The highest BCUT2D eigenvalue weighted by Gasteiger charge is 2.45. The van der Waals surface area contributed by atoms with E-state index in [1.165, 1.54) is 6.92 Å². The first-order valence-corrected chi connectivity index (χ1v) is 4.62. The van der Waals surface area contributed by atoms with Gasteiger partial charge in [-0.05, 0) is 6.92 Å². The molecule has 0 aromatic rings. The molecule has 0 saturated heterocycles. The van der Waals surface area contributed by atoms with Crippen molar-refractivity contribution in [3.63, 3.8) is 0 Å². The maximum Gasteiger partial charge on any atom is 0.405 e. The standard InChI is InChI=1S/C8H17F3N2O2/c1-6(12)7(8(9,10)11)13(2-4-14)3-5-15/h6-7,14-15H,2-5,12H2,1H3. The molecule has 0 aliphatic rings. The number of nitrogens with zero attached hydrogens (tertiary/aromatic N) is 1. The number of aliphatic hydroxyl groups excluding tert-OH is 2. The van der Waals surface area contributed by atoms with Crippen molar-refractivity contribution in [1.82, 2.24) is 4.90 Å². The smallest absolute Gasteiger partial charge is 0.395 e. The van der Waals surface area contributed by atoms with Gasteiger partial charge in [0, 0.05) is 19.1 Å². The van der Waals surface area contributed by atoms with Gasteiger partial charge < -0.3 is 15.9 Å². The highest BCUT2D eigenvalue weighted by Crippen LogP contribution is 2.26. The lowest BCUT2D eigenvalue weighted by molar-refractivity contribution is -0.190. The highest BCUT2D eigenvalue weighted by atomic mass is 19.4. The molecule has 0 bridgehead atoms. The zero-order valence-electron chi connectivity index (χ0n) is 8.54. The fraction of sp³-hybridized carbons (Fsp3) is 1.00. The fourth-order valence-corrected chi connectivity index (χ4v) is 1.48. The summed E-state index contributed by atoms with van der Waals surface area (Å²) in [4.78, 5) is 0.935. The molecule has 0 heterocycles. The Balaban J connectivity index is 4.67. The monoisotopic (exact) mass is 230 g/mol. The molecule has 0 aliphatic heterocycles. The minimum atomic E-state index is -4.46. The molecule has 4 N–H and O–H groups in total. The predicted molar refractivity (Wildman–Crippen MR) is 49.2 cm³/mol. The Morgan fingerprint density at radius 2 is 1.60 bits per heavy atom. The highest BCUT2D eigenvalue weighted by molar-refractivity contribution is 4.85. The van der Waals surface area contributed by atoms with Crippen molar-refractivity contribution in [2.24, 2.45) is 5.73 Å². The Bertz CT molecular complexity index is 170. The lowest BCUT2D eigenvalue weighted by Crippen LogP contribution is -2.56. The average Bonchev–Trinajstić information content (AvgIpc) is 2.01. The van der Waals surface area contributed by atoms with E-state index in [1.54, 1.807) is 0 Å². The number of halogens is 3. The van der Waals surface area contributed by atoms with Crippen molar-refractivity contribution in [3.8, 4) is 0 Å². The summed E-state index contributed by atoms with van der Waals surface area (Å²) in [6.45, 7) is 0.122. The van der Waals surface area contributed by atoms with Gasteiger partial charge in [0.15, 0.2) is 0 Å². The van der Waals surface area contributed by atoms with Crippen LogP contribution < -0.4 is 5.73 Å². The van der Waals surface area contributed by atoms with E-state index in [2.05, 4.69) is 0 Å². The first kappa shape index (κ1) is 14.6. The van der Waals surface area contributed by atoms with Gasteiger partial charge >= 0.3 is 6.18 Å². The second-order valence-electron chi connectivity index (χ2n) is 3.33. The molecule has 2 unspecified atom stereocenters. The topological polar surface area (TPSA) is 69.7 Å². The molecule has 7 heteroatoms. The summed E-state index contributed by atoms with van der Waals surface area (Å²) in [6, 6.07) is -2.94. The SMILES string of the molecule is CC(N)C(N(CCO)CCO)C(F)(F)F. The summed E-state index contributed by atoms with van der Waals surface area (Å²) < 4.78 is 37.7. The average molecular weight is 230 g/mol. The van der Waals surface area contributed by atoms with E-state index in [9.17, 15) is 13.2 Å². The van der Waals surface area contributed by atoms with E-state index in [1.807, 2.05) is 0 Å². The Hall–Kier alpha value is -0.370. The van der Waals surface area contributed by atoms with Crippen LogP contribution in [0, 0.1) is 0 Å². The fourth-order valence-electron chi connectivity index (χ4n) is 1.48. The summed E-state index contributed by atoms with van der Waals surface area (Å²) in [5.41, 5.74) is 5.26. The molecule has 0 fully saturated rings. The third kappa shape index (κ3) is 4.78. The molecule has 0 saturated carbocycles. The third-order valence-electron chi connectivity index (χ3n) is 2.00. The Morgan fingerprint density at radius 3 is 1.80 bits per heavy atom. The molecule has 0 aliphatic carbocycles. The van der Waals surface area contributed by atoms with Crippen molar-refractivity contribution in [2.75, 3.05) is 26.3 Å². The Morgan fingerprint density at radius 1 is 1.20 bits per heavy atom. The maximum absolute atomic E-state index is 12.6. The number of rotatable bonds is 6. The summed E-state index contributed by atoms with van der Waals surface area (Å²) in [6.07, 6.45) is -4.46. The number of nitrogens with two attached hydrogens (primary N) is 1. The molecule has 4 nitrogen and oxygen atoms in total. The van der Waals surface area contributed by atoms with Gasteiger partial charge in [-0.25, -0.2) is 0 Å². The first-order valence-electron chi connectivity index (χ1n) is 4.62. The molecule has 15 heavy (non-hydrogen) atoms. The predicted octanol–water partition coefficient (Wildman–Crippen LogP) is -0.449. The first-order chi connectivity index (χ1) is 6.84. The van der Waals surface area contributed by atoms with Gasteiger partial charge in [0.2, 0.25) is 0 Å². The van der Waals surface area contributed by atoms with Crippen molar-refractivity contribution >= 4 is 0 Å². The van der Waals surface area contributed by atoms with E-state index >= 15 is 0 Å². The van der Waals surface area contributed by atoms with Gasteiger partial charge in [0.1, 0.15) is 6.04 Å². The van der Waals surface area contributed by atoms with Gasteiger partial charge in [-0.2, -0.15) is 13.2 Å². The molecule has 0 spiro atoms. The largest absolute Gasteiger partial charge is 0.405 e. The molecule has 0 amide bonds. The van der Waals surface area contributed by atoms with Gasteiger partial charge in [0.25, 0.3) is 0 Å². The lowest BCUT2D eigenvalue weighted by atomic mass is 10.1. The zero-order valence-corrected chi connectivity index (χ0v) is 8.54. The van der Waals surface area contributed by atoms with E-state index in [0.717, 1.165) is 4.90 Å². The van der Waals surface area contributed by atoms with Crippen LogP contribution in [0.1, 0.15) is 6.92 Å². The summed E-state index contributed by atoms with van der Waals surface area (Å²) in [5.74, 6) is 0. The van der Waals surface area contributed by atoms with Crippen LogP contribution in [-0.2, 0) is 0 Å². The lowest BCUT2D eigenvalue weighted by Gasteiger charge is -2.34. The number of alkyl halides is 3. The van der Waals surface area contributed by atoms with Crippen LogP contribution in [0.3, 0.4) is 0 Å². The molecule has 0 aromatic heterocycles. The van der Waals surface area contributed by atoms with Crippen LogP contribution in [0.15, 0.2) is 0 Å². The van der Waals surface area contributed by atoms with Crippen LogP contribution in [0.2, 0.25) is 0 Å². The quantitative estimate of drug-likeness (QED) is 0.578. The number of hydrogen-bond acceptors (Lipinski definition) is 4. The second kappa shape index (κ2) is 6.26. The minimum absolute atomic E-state index is 0.160.